The van der Waals surface area contributed by atoms with Crippen molar-refractivity contribution in [1.29, 1.82) is 0 Å². The summed E-state index contributed by atoms with van der Waals surface area (Å²) >= 11 is 0. The molecule has 7 nitrogen and oxygen atoms in total. The molecule has 2 aromatic carbocycles. The average Bonchev–Trinajstić information content (AvgIpc) is 3.09. The average molecular weight is 336 g/mol. The van der Waals surface area contributed by atoms with Crippen molar-refractivity contribution in [2.45, 2.75) is 19.5 Å². The number of amides is 1. The third-order valence-electron chi connectivity index (χ3n) is 3.82. The fraction of sp³-hybridized carbons (Fsp3) is 0.222. The van der Waals surface area contributed by atoms with E-state index in [0.29, 0.717) is 31.9 Å². The SMILES string of the molecule is NC(=O)CCN(Cc1ccccc1)Cc1nnnn1-c1ccccc1. The highest BCUT2D eigenvalue weighted by molar-refractivity contribution is 5.73. The molecule has 2 N–H and O–H groups in total. The van der Waals surface area contributed by atoms with Crippen LogP contribution in [0.2, 0.25) is 0 Å². The van der Waals surface area contributed by atoms with Crippen molar-refractivity contribution in [3.8, 4) is 5.69 Å². The van der Waals surface area contributed by atoms with E-state index in [1.54, 1.807) is 4.68 Å². The predicted molar refractivity (Wildman–Crippen MR) is 93.5 cm³/mol. The number of hydrogen-bond acceptors (Lipinski definition) is 5. The van der Waals surface area contributed by atoms with Crippen LogP contribution in [0.5, 0.6) is 0 Å². The molecule has 0 bridgehead atoms. The van der Waals surface area contributed by atoms with Gasteiger partial charge in [0.1, 0.15) is 0 Å². The number of carbonyl (C=O) groups is 1. The quantitative estimate of drug-likeness (QED) is 0.674. The van der Waals surface area contributed by atoms with Crippen LogP contribution in [0.25, 0.3) is 5.69 Å². The van der Waals surface area contributed by atoms with Gasteiger partial charge in [-0.1, -0.05) is 48.5 Å². The number of primary amides is 1. The van der Waals surface area contributed by atoms with Crippen LogP contribution in [-0.2, 0) is 17.9 Å². The summed E-state index contributed by atoms with van der Waals surface area (Å²) in [5, 5.41) is 12.0. The second kappa shape index (κ2) is 8.16. The van der Waals surface area contributed by atoms with Crippen molar-refractivity contribution >= 4 is 5.91 Å². The first-order chi connectivity index (χ1) is 12.2. The van der Waals surface area contributed by atoms with E-state index >= 15 is 0 Å². The zero-order valence-corrected chi connectivity index (χ0v) is 13.8. The first kappa shape index (κ1) is 16.8. The number of rotatable bonds is 8. The number of hydrogen-bond donors (Lipinski definition) is 1. The molecule has 1 amide bonds. The Morgan fingerprint density at radius 2 is 1.68 bits per heavy atom. The molecule has 128 valence electrons. The number of tetrazole rings is 1. The normalized spacial score (nSPS) is 10.9. The van der Waals surface area contributed by atoms with Crippen LogP contribution < -0.4 is 5.73 Å². The van der Waals surface area contributed by atoms with E-state index in [4.69, 9.17) is 5.73 Å². The largest absolute Gasteiger partial charge is 0.370 e. The van der Waals surface area contributed by atoms with Gasteiger partial charge < -0.3 is 5.73 Å². The Morgan fingerprint density at radius 3 is 2.36 bits per heavy atom. The lowest BCUT2D eigenvalue weighted by Gasteiger charge is -2.21. The monoisotopic (exact) mass is 336 g/mol. The third kappa shape index (κ3) is 4.71. The highest BCUT2D eigenvalue weighted by Gasteiger charge is 2.14. The lowest BCUT2D eigenvalue weighted by molar-refractivity contribution is -0.118. The standard InChI is InChI=1S/C18H20N6O/c19-17(25)11-12-23(13-15-7-3-1-4-8-15)14-18-20-21-22-24(18)16-9-5-2-6-10-16/h1-10H,11-14H2,(H2,19,25). The summed E-state index contributed by atoms with van der Waals surface area (Å²) in [6.45, 7) is 1.76. The maximum Gasteiger partial charge on any atom is 0.218 e. The van der Waals surface area contributed by atoms with Gasteiger partial charge in [0, 0.05) is 19.5 Å². The van der Waals surface area contributed by atoms with Crippen LogP contribution in [0, 0.1) is 0 Å². The van der Waals surface area contributed by atoms with Gasteiger partial charge in [-0.25, -0.2) is 0 Å². The third-order valence-corrected chi connectivity index (χ3v) is 3.82. The van der Waals surface area contributed by atoms with Crippen molar-refractivity contribution in [1.82, 2.24) is 25.1 Å². The summed E-state index contributed by atoms with van der Waals surface area (Å²) in [7, 11) is 0. The highest BCUT2D eigenvalue weighted by atomic mass is 16.1. The summed E-state index contributed by atoms with van der Waals surface area (Å²) in [5.74, 6) is 0.396. The van der Waals surface area contributed by atoms with Crippen LogP contribution in [0.15, 0.2) is 60.7 Å². The van der Waals surface area contributed by atoms with Crippen molar-refractivity contribution in [2.75, 3.05) is 6.54 Å². The smallest absolute Gasteiger partial charge is 0.218 e. The molecule has 1 aromatic heterocycles. The van der Waals surface area contributed by atoms with Gasteiger partial charge in [-0.05, 0) is 28.1 Å². The molecule has 0 radical (unpaired) electrons. The first-order valence-electron chi connectivity index (χ1n) is 8.09. The number of carbonyl (C=O) groups excluding carboxylic acids is 1. The molecule has 3 aromatic rings. The zero-order chi connectivity index (χ0) is 17.5. The van der Waals surface area contributed by atoms with Crippen LogP contribution in [0.4, 0.5) is 0 Å². The molecule has 0 saturated carbocycles. The van der Waals surface area contributed by atoms with E-state index in [1.165, 1.54) is 0 Å². The van der Waals surface area contributed by atoms with Crippen molar-refractivity contribution < 1.29 is 4.79 Å². The second-order valence-corrected chi connectivity index (χ2v) is 5.76. The molecule has 0 spiro atoms. The zero-order valence-electron chi connectivity index (χ0n) is 13.8. The maximum absolute atomic E-state index is 11.2. The lowest BCUT2D eigenvalue weighted by Crippen LogP contribution is -2.28. The van der Waals surface area contributed by atoms with E-state index in [2.05, 4.69) is 32.6 Å². The van der Waals surface area contributed by atoms with Gasteiger partial charge in [0.05, 0.1) is 12.2 Å². The Hall–Kier alpha value is -3.06. The number of nitrogens with zero attached hydrogens (tertiary/aromatic N) is 5. The topological polar surface area (TPSA) is 89.9 Å². The van der Waals surface area contributed by atoms with E-state index in [0.717, 1.165) is 11.3 Å². The highest BCUT2D eigenvalue weighted by Crippen LogP contribution is 2.12. The van der Waals surface area contributed by atoms with Crippen molar-refractivity contribution in [3.63, 3.8) is 0 Å². The molecule has 0 aliphatic carbocycles. The number of aromatic nitrogens is 4. The fourth-order valence-electron chi connectivity index (χ4n) is 2.60. The Bertz CT molecular complexity index is 803. The predicted octanol–water partition coefficient (Wildman–Crippen LogP) is 1.54. The number of benzene rings is 2. The van der Waals surface area contributed by atoms with Gasteiger partial charge in [-0.15, -0.1) is 5.10 Å². The molecule has 7 heteroatoms. The van der Waals surface area contributed by atoms with E-state index in [9.17, 15) is 4.79 Å². The maximum atomic E-state index is 11.2. The second-order valence-electron chi connectivity index (χ2n) is 5.76. The summed E-state index contributed by atoms with van der Waals surface area (Å²) in [6.07, 6.45) is 0.291. The van der Waals surface area contributed by atoms with Gasteiger partial charge in [-0.3, -0.25) is 9.69 Å². The molecule has 0 atom stereocenters. The molecule has 0 saturated heterocycles. The summed E-state index contributed by atoms with van der Waals surface area (Å²) in [5.41, 5.74) is 7.38. The Kier molecular flexibility index (Phi) is 5.48. The minimum atomic E-state index is -0.319. The number of nitrogens with two attached hydrogens (primary N) is 1. The molecule has 1 heterocycles. The summed E-state index contributed by atoms with van der Waals surface area (Å²) < 4.78 is 1.71. The number of para-hydroxylation sites is 1. The Labute approximate surface area is 146 Å². The van der Waals surface area contributed by atoms with Crippen LogP contribution in [-0.4, -0.2) is 37.6 Å². The van der Waals surface area contributed by atoms with Gasteiger partial charge in [0.15, 0.2) is 5.82 Å². The van der Waals surface area contributed by atoms with Gasteiger partial charge in [0.25, 0.3) is 0 Å². The van der Waals surface area contributed by atoms with E-state index < -0.39 is 0 Å². The minimum absolute atomic E-state index is 0.291. The van der Waals surface area contributed by atoms with Crippen LogP contribution >= 0.6 is 0 Å². The molecule has 0 fully saturated rings. The van der Waals surface area contributed by atoms with Crippen LogP contribution in [0.1, 0.15) is 17.8 Å². The molecular weight excluding hydrogens is 316 g/mol. The first-order valence-corrected chi connectivity index (χ1v) is 8.09. The molecular formula is C18H20N6O. The van der Waals surface area contributed by atoms with E-state index in [1.807, 2.05) is 48.5 Å². The minimum Gasteiger partial charge on any atom is -0.370 e. The Balaban J connectivity index is 1.78. The molecule has 3 rings (SSSR count). The van der Waals surface area contributed by atoms with Crippen LogP contribution in [0.3, 0.4) is 0 Å². The lowest BCUT2D eigenvalue weighted by atomic mass is 10.2. The summed E-state index contributed by atoms with van der Waals surface area (Å²) in [4.78, 5) is 13.3. The van der Waals surface area contributed by atoms with Gasteiger partial charge >= 0.3 is 0 Å². The molecule has 0 aliphatic heterocycles. The molecule has 0 unspecified atom stereocenters. The molecule has 0 aliphatic rings. The molecule has 25 heavy (non-hydrogen) atoms. The van der Waals surface area contributed by atoms with Crippen molar-refractivity contribution in [2.24, 2.45) is 5.73 Å². The Morgan fingerprint density at radius 1 is 1.00 bits per heavy atom. The van der Waals surface area contributed by atoms with Gasteiger partial charge in [-0.2, -0.15) is 4.68 Å². The van der Waals surface area contributed by atoms with E-state index in [-0.39, 0.29) is 5.91 Å². The van der Waals surface area contributed by atoms with Crippen molar-refractivity contribution in [3.05, 3.63) is 72.1 Å². The van der Waals surface area contributed by atoms with Gasteiger partial charge in [0.2, 0.25) is 5.91 Å². The fourth-order valence-corrected chi connectivity index (χ4v) is 2.60. The summed E-state index contributed by atoms with van der Waals surface area (Å²) in [6, 6.07) is 19.8.